The van der Waals surface area contributed by atoms with Crippen LogP contribution in [0.3, 0.4) is 0 Å². The Bertz CT molecular complexity index is 543. The summed E-state index contributed by atoms with van der Waals surface area (Å²) in [5, 5.41) is 0. The molecular formula is C13H14N2O4. The number of amides is 2. The quantitative estimate of drug-likeness (QED) is 0.816. The van der Waals surface area contributed by atoms with Crippen LogP contribution >= 0.6 is 0 Å². The van der Waals surface area contributed by atoms with E-state index in [2.05, 4.69) is 0 Å². The van der Waals surface area contributed by atoms with Crippen molar-refractivity contribution in [2.75, 3.05) is 36.1 Å². The number of carbonyl (C=O) groups excluding carboxylic acids is 2. The molecule has 0 N–H and O–H groups in total. The van der Waals surface area contributed by atoms with Crippen molar-refractivity contribution >= 4 is 23.6 Å². The molecule has 19 heavy (non-hydrogen) atoms. The SMILES string of the molecule is Cc1ccc(N2CCOC2=O)cc1N1CCOC1=O. The Hall–Kier alpha value is -2.24. The summed E-state index contributed by atoms with van der Waals surface area (Å²) in [5.74, 6) is 0. The Morgan fingerprint density at radius 3 is 2.21 bits per heavy atom. The third kappa shape index (κ3) is 1.99. The third-order valence-electron chi connectivity index (χ3n) is 3.32. The predicted octanol–water partition coefficient (Wildman–Crippen LogP) is 1.91. The lowest BCUT2D eigenvalue weighted by Gasteiger charge is -2.19. The lowest BCUT2D eigenvalue weighted by molar-refractivity contribution is 0.180. The van der Waals surface area contributed by atoms with Gasteiger partial charge in [-0.25, -0.2) is 9.59 Å². The van der Waals surface area contributed by atoms with E-state index < -0.39 is 0 Å². The van der Waals surface area contributed by atoms with Crippen molar-refractivity contribution in [3.63, 3.8) is 0 Å². The van der Waals surface area contributed by atoms with E-state index in [-0.39, 0.29) is 12.2 Å². The first-order chi connectivity index (χ1) is 9.16. The van der Waals surface area contributed by atoms with E-state index in [0.717, 1.165) is 16.9 Å². The fraction of sp³-hybridized carbons (Fsp3) is 0.385. The Balaban J connectivity index is 1.96. The maximum absolute atomic E-state index is 11.6. The van der Waals surface area contributed by atoms with Crippen LogP contribution in [0.15, 0.2) is 18.2 Å². The van der Waals surface area contributed by atoms with Crippen LogP contribution in [0, 0.1) is 6.92 Å². The molecule has 0 atom stereocenters. The molecule has 0 aromatic heterocycles. The number of aryl methyl sites for hydroxylation is 1. The highest BCUT2D eigenvalue weighted by atomic mass is 16.6. The zero-order chi connectivity index (χ0) is 13.4. The summed E-state index contributed by atoms with van der Waals surface area (Å²) < 4.78 is 9.86. The van der Waals surface area contributed by atoms with Crippen LogP contribution in [-0.4, -0.2) is 38.5 Å². The first kappa shape index (κ1) is 11.8. The van der Waals surface area contributed by atoms with Gasteiger partial charge in [-0.3, -0.25) is 9.80 Å². The molecule has 1 aromatic carbocycles. The second kappa shape index (κ2) is 4.46. The van der Waals surface area contributed by atoms with Gasteiger partial charge in [-0.1, -0.05) is 6.07 Å². The van der Waals surface area contributed by atoms with Gasteiger partial charge in [-0.2, -0.15) is 0 Å². The maximum atomic E-state index is 11.6. The Morgan fingerprint density at radius 2 is 1.63 bits per heavy atom. The molecule has 0 saturated carbocycles. The van der Waals surface area contributed by atoms with Gasteiger partial charge in [0, 0.05) is 5.69 Å². The van der Waals surface area contributed by atoms with E-state index in [0.29, 0.717) is 26.3 Å². The van der Waals surface area contributed by atoms with Crippen LogP contribution < -0.4 is 9.80 Å². The van der Waals surface area contributed by atoms with Gasteiger partial charge in [0.1, 0.15) is 13.2 Å². The molecule has 6 nitrogen and oxygen atoms in total. The lowest BCUT2D eigenvalue weighted by Crippen LogP contribution is -2.26. The van der Waals surface area contributed by atoms with Crippen molar-refractivity contribution in [1.82, 2.24) is 0 Å². The number of nitrogens with zero attached hydrogens (tertiary/aromatic N) is 2. The van der Waals surface area contributed by atoms with E-state index in [1.165, 1.54) is 0 Å². The van der Waals surface area contributed by atoms with Gasteiger partial charge in [0.25, 0.3) is 0 Å². The van der Waals surface area contributed by atoms with Gasteiger partial charge in [-0.05, 0) is 24.6 Å². The summed E-state index contributed by atoms with van der Waals surface area (Å²) in [6, 6.07) is 5.57. The molecular weight excluding hydrogens is 248 g/mol. The molecule has 2 aliphatic rings. The summed E-state index contributed by atoms with van der Waals surface area (Å²) in [7, 11) is 0. The van der Waals surface area contributed by atoms with Gasteiger partial charge in [0.2, 0.25) is 0 Å². The van der Waals surface area contributed by atoms with Crippen molar-refractivity contribution in [3.8, 4) is 0 Å². The molecule has 2 saturated heterocycles. The molecule has 6 heteroatoms. The summed E-state index contributed by atoms with van der Waals surface area (Å²) in [5.41, 5.74) is 2.48. The number of hydrogen-bond donors (Lipinski definition) is 0. The molecule has 2 heterocycles. The molecule has 2 aliphatic heterocycles. The molecule has 100 valence electrons. The van der Waals surface area contributed by atoms with E-state index >= 15 is 0 Å². The van der Waals surface area contributed by atoms with Gasteiger partial charge in [-0.15, -0.1) is 0 Å². The van der Waals surface area contributed by atoms with Gasteiger partial charge >= 0.3 is 12.2 Å². The molecule has 0 spiro atoms. The normalized spacial score (nSPS) is 18.8. The summed E-state index contributed by atoms with van der Waals surface area (Å²) in [6.45, 7) is 3.79. The molecule has 0 bridgehead atoms. The first-order valence-corrected chi connectivity index (χ1v) is 6.16. The molecule has 1 aromatic rings. The van der Waals surface area contributed by atoms with Crippen LogP contribution in [0.2, 0.25) is 0 Å². The Kier molecular flexibility index (Phi) is 2.77. The van der Waals surface area contributed by atoms with E-state index in [1.54, 1.807) is 9.80 Å². The molecule has 0 radical (unpaired) electrons. The molecule has 2 fully saturated rings. The van der Waals surface area contributed by atoms with E-state index in [9.17, 15) is 9.59 Å². The van der Waals surface area contributed by atoms with Crippen molar-refractivity contribution in [2.24, 2.45) is 0 Å². The molecule has 3 rings (SSSR count). The number of carbonyl (C=O) groups is 2. The number of cyclic esters (lactones) is 2. The molecule has 0 aliphatic carbocycles. The number of ether oxygens (including phenoxy) is 2. The average Bonchev–Trinajstić information content (AvgIpc) is 2.99. The number of benzene rings is 1. The van der Waals surface area contributed by atoms with Crippen LogP contribution in [0.5, 0.6) is 0 Å². The second-order valence-electron chi connectivity index (χ2n) is 4.50. The highest BCUT2D eigenvalue weighted by Crippen LogP contribution is 2.29. The van der Waals surface area contributed by atoms with Crippen molar-refractivity contribution < 1.29 is 19.1 Å². The van der Waals surface area contributed by atoms with Crippen LogP contribution in [0.25, 0.3) is 0 Å². The van der Waals surface area contributed by atoms with E-state index in [4.69, 9.17) is 9.47 Å². The molecule has 2 amide bonds. The van der Waals surface area contributed by atoms with Crippen molar-refractivity contribution in [2.45, 2.75) is 6.92 Å². The zero-order valence-electron chi connectivity index (χ0n) is 10.6. The van der Waals surface area contributed by atoms with Gasteiger partial charge in [0.15, 0.2) is 0 Å². The summed E-state index contributed by atoms with van der Waals surface area (Å²) >= 11 is 0. The Labute approximate surface area is 110 Å². The number of hydrogen-bond acceptors (Lipinski definition) is 4. The molecule has 0 unspecified atom stereocenters. The largest absolute Gasteiger partial charge is 0.447 e. The average molecular weight is 262 g/mol. The van der Waals surface area contributed by atoms with Crippen LogP contribution in [-0.2, 0) is 9.47 Å². The smallest absolute Gasteiger partial charge is 0.414 e. The van der Waals surface area contributed by atoms with Crippen LogP contribution in [0.1, 0.15) is 5.56 Å². The summed E-state index contributed by atoms with van der Waals surface area (Å²) in [6.07, 6.45) is -0.692. The standard InChI is InChI=1S/C13H14N2O4/c1-9-2-3-10(14-4-6-18-12(14)16)8-11(9)15-5-7-19-13(15)17/h2-3,8H,4-7H2,1H3. The first-order valence-electron chi connectivity index (χ1n) is 6.16. The fourth-order valence-corrected chi connectivity index (χ4v) is 2.30. The number of rotatable bonds is 2. The fourth-order valence-electron chi connectivity index (χ4n) is 2.30. The topological polar surface area (TPSA) is 59.1 Å². The predicted molar refractivity (Wildman–Crippen MR) is 68.6 cm³/mol. The highest BCUT2D eigenvalue weighted by Gasteiger charge is 2.28. The van der Waals surface area contributed by atoms with Crippen LogP contribution in [0.4, 0.5) is 21.0 Å². The van der Waals surface area contributed by atoms with Crippen molar-refractivity contribution in [1.29, 1.82) is 0 Å². The monoisotopic (exact) mass is 262 g/mol. The minimum absolute atomic E-state index is 0.343. The van der Waals surface area contributed by atoms with Crippen molar-refractivity contribution in [3.05, 3.63) is 23.8 Å². The third-order valence-corrected chi connectivity index (χ3v) is 3.32. The maximum Gasteiger partial charge on any atom is 0.414 e. The minimum Gasteiger partial charge on any atom is -0.447 e. The second-order valence-corrected chi connectivity index (χ2v) is 4.50. The van der Waals surface area contributed by atoms with E-state index in [1.807, 2.05) is 25.1 Å². The lowest BCUT2D eigenvalue weighted by atomic mass is 10.1. The zero-order valence-corrected chi connectivity index (χ0v) is 10.6. The van der Waals surface area contributed by atoms with Gasteiger partial charge in [0.05, 0.1) is 18.8 Å². The number of anilines is 2. The minimum atomic E-state index is -0.348. The Morgan fingerprint density at radius 1 is 1.00 bits per heavy atom. The van der Waals surface area contributed by atoms with Gasteiger partial charge < -0.3 is 9.47 Å². The summed E-state index contributed by atoms with van der Waals surface area (Å²) in [4.78, 5) is 26.3. The highest BCUT2D eigenvalue weighted by molar-refractivity contribution is 5.94.